The van der Waals surface area contributed by atoms with E-state index in [1.165, 1.54) is 0 Å². The topological polar surface area (TPSA) is 46.5 Å². The normalized spacial score (nSPS) is 14.0. The zero-order chi connectivity index (χ0) is 12.3. The summed E-state index contributed by atoms with van der Waals surface area (Å²) in [5, 5.41) is 0.292. The fraction of sp³-hybridized carbons (Fsp3) is 0.0769. The maximum Gasteiger partial charge on any atom is 0.408 e. The zero-order valence-electron chi connectivity index (χ0n) is 9.41. The van der Waals surface area contributed by atoms with Crippen molar-refractivity contribution in [3.05, 3.63) is 60.2 Å². The minimum atomic E-state index is -3.78. The average molecular weight is 248 g/mol. The Hall–Kier alpha value is -1.57. The molecule has 0 fully saturated rings. The highest BCUT2D eigenvalue weighted by Gasteiger charge is 2.23. The molecule has 0 aliphatic rings. The van der Waals surface area contributed by atoms with Gasteiger partial charge in [-0.15, -0.1) is 0 Å². The van der Waals surface area contributed by atoms with Crippen LogP contribution < -0.4 is 9.83 Å². The Morgan fingerprint density at radius 2 is 1.59 bits per heavy atom. The van der Waals surface area contributed by atoms with Gasteiger partial charge in [-0.1, -0.05) is 35.9 Å². The molecular weight excluding hydrogens is 235 g/mol. The molecule has 0 aromatic heterocycles. The fourth-order valence-electron chi connectivity index (χ4n) is 1.41. The Morgan fingerprint density at radius 1 is 1.00 bits per heavy atom. The molecule has 0 aliphatic carbocycles. The molecule has 88 valence electrons. The van der Waals surface area contributed by atoms with E-state index in [1.807, 2.05) is 19.1 Å². The van der Waals surface area contributed by atoms with Crippen molar-refractivity contribution in [3.63, 3.8) is 0 Å². The van der Waals surface area contributed by atoms with Gasteiger partial charge in [0.15, 0.2) is 0 Å². The van der Waals surface area contributed by atoms with E-state index in [1.54, 1.807) is 42.5 Å². The summed E-state index contributed by atoms with van der Waals surface area (Å²) in [6, 6.07) is 15.4. The molecule has 0 heterocycles. The van der Waals surface area contributed by atoms with Crippen LogP contribution in [-0.4, -0.2) is 4.89 Å². The van der Waals surface area contributed by atoms with Crippen LogP contribution in [0.25, 0.3) is 0 Å². The molecule has 17 heavy (non-hydrogen) atoms. The molecule has 2 aromatic rings. The second kappa shape index (κ2) is 4.74. The van der Waals surface area contributed by atoms with Crippen LogP contribution >= 0.6 is 7.60 Å². The Labute approximate surface area is 100 Å². The maximum atomic E-state index is 12.0. The van der Waals surface area contributed by atoms with Crippen LogP contribution in [-0.2, 0) is 4.57 Å². The molecule has 2 aromatic carbocycles. The first-order valence-corrected chi connectivity index (χ1v) is 6.80. The van der Waals surface area contributed by atoms with E-state index < -0.39 is 7.60 Å². The van der Waals surface area contributed by atoms with Crippen molar-refractivity contribution in [1.29, 1.82) is 0 Å². The number of benzene rings is 2. The first-order chi connectivity index (χ1) is 8.08. The molecule has 0 bridgehead atoms. The second-order valence-electron chi connectivity index (χ2n) is 3.76. The van der Waals surface area contributed by atoms with E-state index in [9.17, 15) is 9.46 Å². The highest BCUT2D eigenvalue weighted by molar-refractivity contribution is 7.61. The minimum Gasteiger partial charge on any atom is -0.421 e. The van der Waals surface area contributed by atoms with Crippen LogP contribution in [0.1, 0.15) is 5.56 Å². The molecule has 1 unspecified atom stereocenters. The van der Waals surface area contributed by atoms with Crippen molar-refractivity contribution < 1.29 is 14.0 Å². The molecule has 0 saturated carbocycles. The van der Waals surface area contributed by atoms with Crippen molar-refractivity contribution in [2.24, 2.45) is 0 Å². The van der Waals surface area contributed by atoms with Gasteiger partial charge in [0, 0.05) is 0 Å². The molecule has 1 atom stereocenters. The quantitative estimate of drug-likeness (QED) is 0.849. The standard InChI is InChI=1S/C13H13O3P/c1-11-7-9-12(10-8-11)16-17(14,15)13-5-3-2-4-6-13/h2-10H,1H3,(H,14,15). The highest BCUT2D eigenvalue weighted by Crippen LogP contribution is 2.41. The van der Waals surface area contributed by atoms with Crippen molar-refractivity contribution in [2.45, 2.75) is 6.92 Å². The third-order valence-corrected chi connectivity index (χ3v) is 3.74. The van der Waals surface area contributed by atoms with Gasteiger partial charge in [0.05, 0.1) is 5.30 Å². The van der Waals surface area contributed by atoms with Gasteiger partial charge >= 0.3 is 7.60 Å². The van der Waals surface area contributed by atoms with Gasteiger partial charge in [0.25, 0.3) is 0 Å². The molecule has 0 amide bonds. The second-order valence-corrected chi connectivity index (χ2v) is 5.50. The van der Waals surface area contributed by atoms with Crippen LogP contribution in [0, 0.1) is 6.92 Å². The first kappa shape index (κ1) is 11.9. The summed E-state index contributed by atoms with van der Waals surface area (Å²) in [5.41, 5.74) is 1.07. The molecule has 0 aliphatic heterocycles. The van der Waals surface area contributed by atoms with E-state index in [4.69, 9.17) is 4.52 Å². The third-order valence-electron chi connectivity index (χ3n) is 2.33. The average Bonchev–Trinajstić information content (AvgIpc) is 2.33. The van der Waals surface area contributed by atoms with E-state index >= 15 is 0 Å². The lowest BCUT2D eigenvalue weighted by Crippen LogP contribution is -2.08. The molecule has 3 nitrogen and oxygen atoms in total. The van der Waals surface area contributed by atoms with Crippen molar-refractivity contribution in [3.8, 4) is 5.75 Å². The Morgan fingerprint density at radius 3 is 2.18 bits per heavy atom. The van der Waals surface area contributed by atoms with E-state index in [0.717, 1.165) is 5.56 Å². The van der Waals surface area contributed by atoms with Crippen molar-refractivity contribution in [2.75, 3.05) is 0 Å². The number of hydrogen-bond donors (Lipinski definition) is 1. The molecule has 0 saturated heterocycles. The summed E-state index contributed by atoms with van der Waals surface area (Å²) >= 11 is 0. The molecule has 4 heteroatoms. The number of hydrogen-bond acceptors (Lipinski definition) is 2. The van der Waals surface area contributed by atoms with Gasteiger partial charge in [0.2, 0.25) is 0 Å². The summed E-state index contributed by atoms with van der Waals surface area (Å²) in [4.78, 5) is 9.84. The SMILES string of the molecule is Cc1ccc(OP(=O)(O)c2ccccc2)cc1. The Balaban J connectivity index is 2.23. The minimum absolute atomic E-state index is 0.292. The van der Waals surface area contributed by atoms with Crippen LogP contribution in [0.5, 0.6) is 5.75 Å². The maximum absolute atomic E-state index is 12.0. The summed E-state index contributed by atoms with van der Waals surface area (Å²) < 4.78 is 17.2. The third kappa shape index (κ3) is 2.96. The predicted molar refractivity (Wildman–Crippen MR) is 67.7 cm³/mol. The van der Waals surface area contributed by atoms with Gasteiger partial charge in [-0.25, -0.2) is 4.57 Å². The zero-order valence-corrected chi connectivity index (χ0v) is 10.3. The van der Waals surface area contributed by atoms with Gasteiger partial charge in [-0.05, 0) is 31.2 Å². The molecular formula is C13H13O3P. The van der Waals surface area contributed by atoms with E-state index in [0.29, 0.717) is 11.1 Å². The summed E-state index contributed by atoms with van der Waals surface area (Å²) in [6.45, 7) is 1.94. The lowest BCUT2D eigenvalue weighted by atomic mass is 10.2. The van der Waals surface area contributed by atoms with E-state index in [-0.39, 0.29) is 0 Å². The summed E-state index contributed by atoms with van der Waals surface area (Å²) in [5.74, 6) is 0.394. The van der Waals surface area contributed by atoms with E-state index in [2.05, 4.69) is 0 Å². The van der Waals surface area contributed by atoms with Crippen molar-refractivity contribution >= 4 is 12.9 Å². The van der Waals surface area contributed by atoms with Crippen LogP contribution in [0.15, 0.2) is 54.6 Å². The molecule has 0 spiro atoms. The largest absolute Gasteiger partial charge is 0.421 e. The van der Waals surface area contributed by atoms with Crippen molar-refractivity contribution in [1.82, 2.24) is 0 Å². The summed E-state index contributed by atoms with van der Waals surface area (Å²) in [7, 11) is -3.78. The van der Waals surface area contributed by atoms with Crippen LogP contribution in [0.3, 0.4) is 0 Å². The highest BCUT2D eigenvalue weighted by atomic mass is 31.2. The van der Waals surface area contributed by atoms with Gasteiger partial charge in [-0.2, -0.15) is 0 Å². The molecule has 0 radical (unpaired) electrons. The smallest absolute Gasteiger partial charge is 0.408 e. The van der Waals surface area contributed by atoms with Gasteiger partial charge in [0.1, 0.15) is 5.75 Å². The fourth-order valence-corrected chi connectivity index (χ4v) is 2.47. The van der Waals surface area contributed by atoms with Crippen LogP contribution in [0.4, 0.5) is 0 Å². The lowest BCUT2D eigenvalue weighted by molar-refractivity contribution is 0.393. The Kier molecular flexibility index (Phi) is 3.32. The lowest BCUT2D eigenvalue weighted by Gasteiger charge is -2.13. The summed E-state index contributed by atoms with van der Waals surface area (Å²) in [6.07, 6.45) is 0. The monoisotopic (exact) mass is 248 g/mol. The van der Waals surface area contributed by atoms with Gasteiger partial charge < -0.3 is 9.42 Å². The molecule has 2 rings (SSSR count). The number of rotatable bonds is 3. The predicted octanol–water partition coefficient (Wildman–Crippen LogP) is 2.88. The van der Waals surface area contributed by atoms with Gasteiger partial charge in [-0.3, -0.25) is 0 Å². The molecule has 1 N–H and O–H groups in total. The Bertz CT molecular complexity index is 534. The first-order valence-electron chi connectivity index (χ1n) is 5.22. The number of aryl methyl sites for hydroxylation is 1. The van der Waals surface area contributed by atoms with Crippen LogP contribution in [0.2, 0.25) is 0 Å².